The molecule has 0 atom stereocenters. The molecule has 1 amide bonds. The van der Waals surface area contributed by atoms with E-state index < -0.39 is 5.91 Å². The molecular weight excluding hydrogens is 252 g/mol. The number of rotatable bonds is 2. The number of nitrogens with two attached hydrogens (primary N) is 1. The van der Waals surface area contributed by atoms with Crippen LogP contribution in [-0.2, 0) is 0 Å². The van der Waals surface area contributed by atoms with Crippen molar-refractivity contribution in [3.8, 4) is 5.69 Å². The molecule has 0 unspecified atom stereocenters. The van der Waals surface area contributed by atoms with Gasteiger partial charge in [-0.1, -0.05) is 17.7 Å². The monoisotopic (exact) mass is 262 g/mol. The zero-order chi connectivity index (χ0) is 13.3. The maximum absolute atomic E-state index is 11.9. The molecule has 0 bridgehead atoms. The van der Waals surface area contributed by atoms with Gasteiger partial charge in [0.2, 0.25) is 5.91 Å². The first-order chi connectivity index (χ1) is 8.50. The quantitative estimate of drug-likeness (QED) is 0.898. The van der Waals surface area contributed by atoms with Gasteiger partial charge >= 0.3 is 0 Å². The maximum atomic E-state index is 11.9. The number of aromatic nitrogens is 1. The summed E-state index contributed by atoms with van der Waals surface area (Å²) in [7, 11) is 0. The van der Waals surface area contributed by atoms with E-state index in [1.165, 1.54) is 16.7 Å². The van der Waals surface area contributed by atoms with E-state index in [0.717, 1.165) is 0 Å². The zero-order valence-electron chi connectivity index (χ0n) is 9.68. The van der Waals surface area contributed by atoms with Crippen molar-refractivity contribution in [3.05, 3.63) is 63.0 Å². The third kappa shape index (κ3) is 2.15. The molecule has 2 N–H and O–H groups in total. The zero-order valence-corrected chi connectivity index (χ0v) is 10.4. The lowest BCUT2D eigenvalue weighted by molar-refractivity contribution is 0.0999. The van der Waals surface area contributed by atoms with Gasteiger partial charge in [-0.2, -0.15) is 0 Å². The summed E-state index contributed by atoms with van der Waals surface area (Å²) in [4.78, 5) is 23.2. The molecule has 2 rings (SSSR count). The van der Waals surface area contributed by atoms with Crippen LogP contribution in [0.15, 0.2) is 41.2 Å². The van der Waals surface area contributed by atoms with Crippen molar-refractivity contribution in [2.45, 2.75) is 6.92 Å². The Morgan fingerprint density at radius 2 is 2.00 bits per heavy atom. The first kappa shape index (κ1) is 12.4. The molecule has 4 nitrogen and oxygen atoms in total. The lowest BCUT2D eigenvalue weighted by Crippen LogP contribution is -2.24. The maximum Gasteiger partial charge on any atom is 0.255 e. The average Bonchev–Trinajstić information content (AvgIpc) is 2.28. The van der Waals surface area contributed by atoms with Crippen molar-refractivity contribution in [1.29, 1.82) is 0 Å². The van der Waals surface area contributed by atoms with Crippen LogP contribution in [0.3, 0.4) is 0 Å². The lowest BCUT2D eigenvalue weighted by Gasteiger charge is -2.12. The van der Waals surface area contributed by atoms with E-state index in [-0.39, 0.29) is 5.56 Å². The second kappa shape index (κ2) is 4.66. The second-order valence-electron chi connectivity index (χ2n) is 3.85. The fourth-order valence-corrected chi connectivity index (χ4v) is 2.02. The van der Waals surface area contributed by atoms with Gasteiger partial charge in [-0.3, -0.25) is 14.2 Å². The molecule has 0 aliphatic carbocycles. The Hall–Kier alpha value is -2.07. The number of hydrogen-bond acceptors (Lipinski definition) is 2. The number of hydrogen-bond donors (Lipinski definition) is 1. The first-order valence-corrected chi connectivity index (χ1v) is 5.67. The molecule has 0 saturated heterocycles. The predicted molar refractivity (Wildman–Crippen MR) is 70.3 cm³/mol. The Kier molecular flexibility index (Phi) is 3.21. The van der Waals surface area contributed by atoms with Gasteiger partial charge in [0.15, 0.2) is 0 Å². The molecule has 18 heavy (non-hydrogen) atoms. The summed E-state index contributed by atoms with van der Waals surface area (Å²) < 4.78 is 1.41. The fourth-order valence-electron chi connectivity index (χ4n) is 1.83. The van der Waals surface area contributed by atoms with Crippen molar-refractivity contribution < 1.29 is 4.79 Å². The Balaban J connectivity index is 2.75. The molecule has 0 radical (unpaired) electrons. The number of primary amides is 1. The summed E-state index contributed by atoms with van der Waals surface area (Å²) >= 11 is 5.89. The largest absolute Gasteiger partial charge is 0.366 e. The van der Waals surface area contributed by atoms with Gasteiger partial charge in [-0.25, -0.2) is 0 Å². The van der Waals surface area contributed by atoms with Crippen LogP contribution in [0.25, 0.3) is 5.69 Å². The number of halogens is 1. The number of amides is 1. The van der Waals surface area contributed by atoms with Gasteiger partial charge in [0.1, 0.15) is 0 Å². The SMILES string of the molecule is Cc1c(C(N)=O)ccc(=O)n1-c1cccc(Cl)c1. The van der Waals surface area contributed by atoms with E-state index in [2.05, 4.69) is 0 Å². The number of pyridine rings is 1. The van der Waals surface area contributed by atoms with Gasteiger partial charge in [-0.15, -0.1) is 0 Å². The van der Waals surface area contributed by atoms with Crippen LogP contribution >= 0.6 is 11.6 Å². The minimum atomic E-state index is -0.566. The highest BCUT2D eigenvalue weighted by atomic mass is 35.5. The summed E-state index contributed by atoms with van der Waals surface area (Å²) in [5.41, 5.74) is 6.44. The predicted octanol–water partition coefficient (Wildman–Crippen LogP) is 1.90. The van der Waals surface area contributed by atoms with Gasteiger partial charge in [0.25, 0.3) is 5.56 Å². The van der Waals surface area contributed by atoms with Crippen LogP contribution < -0.4 is 11.3 Å². The van der Waals surface area contributed by atoms with Crippen molar-refractivity contribution in [3.63, 3.8) is 0 Å². The highest BCUT2D eigenvalue weighted by Gasteiger charge is 2.11. The van der Waals surface area contributed by atoms with Crippen LogP contribution in [0.1, 0.15) is 16.1 Å². The normalized spacial score (nSPS) is 10.3. The summed E-state index contributed by atoms with van der Waals surface area (Å²) in [6.07, 6.45) is 0. The van der Waals surface area contributed by atoms with Crippen LogP contribution in [-0.4, -0.2) is 10.5 Å². The smallest absolute Gasteiger partial charge is 0.255 e. The van der Waals surface area contributed by atoms with E-state index in [1.807, 2.05) is 0 Å². The van der Waals surface area contributed by atoms with Crippen molar-refractivity contribution in [2.75, 3.05) is 0 Å². The van der Waals surface area contributed by atoms with Gasteiger partial charge in [-0.05, 0) is 31.2 Å². The summed E-state index contributed by atoms with van der Waals surface area (Å²) in [6, 6.07) is 9.59. The standard InChI is InChI=1S/C13H11ClN2O2/c1-8-11(13(15)18)5-6-12(17)16(8)10-4-2-3-9(14)7-10/h2-7H,1H3,(H2,15,18). The van der Waals surface area contributed by atoms with Crippen LogP contribution in [0, 0.1) is 6.92 Å². The molecule has 0 aliphatic rings. The van der Waals surface area contributed by atoms with Gasteiger partial charge in [0.05, 0.1) is 11.3 Å². The third-order valence-corrected chi connectivity index (χ3v) is 2.91. The van der Waals surface area contributed by atoms with Gasteiger partial charge in [0, 0.05) is 16.8 Å². The lowest BCUT2D eigenvalue weighted by atomic mass is 10.1. The van der Waals surface area contributed by atoms with E-state index in [4.69, 9.17) is 17.3 Å². The number of carbonyl (C=O) groups is 1. The molecule has 5 heteroatoms. The minimum absolute atomic E-state index is 0.236. The average molecular weight is 263 g/mol. The third-order valence-electron chi connectivity index (χ3n) is 2.67. The van der Waals surface area contributed by atoms with Crippen LogP contribution in [0.4, 0.5) is 0 Å². The molecule has 2 aromatic rings. The van der Waals surface area contributed by atoms with E-state index in [0.29, 0.717) is 22.0 Å². The van der Waals surface area contributed by atoms with E-state index >= 15 is 0 Å². The number of nitrogens with zero attached hydrogens (tertiary/aromatic N) is 1. The molecule has 1 aromatic heterocycles. The molecule has 0 aliphatic heterocycles. The van der Waals surface area contributed by atoms with Crippen molar-refractivity contribution in [1.82, 2.24) is 4.57 Å². The van der Waals surface area contributed by atoms with Crippen LogP contribution in [0.2, 0.25) is 5.02 Å². The highest BCUT2D eigenvalue weighted by Crippen LogP contribution is 2.16. The first-order valence-electron chi connectivity index (χ1n) is 5.29. The molecule has 92 valence electrons. The van der Waals surface area contributed by atoms with E-state index in [1.54, 1.807) is 31.2 Å². The highest BCUT2D eigenvalue weighted by molar-refractivity contribution is 6.30. The summed E-state index contributed by atoms with van der Waals surface area (Å²) in [5, 5.41) is 0.517. The molecular formula is C13H11ClN2O2. The van der Waals surface area contributed by atoms with Crippen LogP contribution in [0.5, 0.6) is 0 Å². The summed E-state index contributed by atoms with van der Waals surface area (Å²) in [6.45, 7) is 1.67. The molecule has 1 heterocycles. The Bertz CT molecular complexity index is 677. The molecule has 0 spiro atoms. The fraction of sp³-hybridized carbons (Fsp3) is 0.0769. The Labute approximate surface area is 109 Å². The summed E-state index contributed by atoms with van der Waals surface area (Å²) in [5.74, 6) is -0.566. The molecule has 0 fully saturated rings. The number of carbonyl (C=O) groups excluding carboxylic acids is 1. The van der Waals surface area contributed by atoms with Gasteiger partial charge < -0.3 is 5.73 Å². The number of benzene rings is 1. The minimum Gasteiger partial charge on any atom is -0.366 e. The molecule has 0 saturated carbocycles. The Morgan fingerprint density at radius 1 is 1.28 bits per heavy atom. The second-order valence-corrected chi connectivity index (χ2v) is 4.29. The Morgan fingerprint density at radius 3 is 2.61 bits per heavy atom. The van der Waals surface area contributed by atoms with Crippen molar-refractivity contribution in [2.24, 2.45) is 5.73 Å². The molecule has 1 aromatic carbocycles. The van der Waals surface area contributed by atoms with E-state index in [9.17, 15) is 9.59 Å². The topological polar surface area (TPSA) is 65.1 Å². The van der Waals surface area contributed by atoms with Crippen molar-refractivity contribution >= 4 is 17.5 Å².